The molecule has 10 nitrogen and oxygen atoms in total. The molecule has 2 aromatic heterocycles. The van der Waals surface area contributed by atoms with E-state index < -0.39 is 79.5 Å². The lowest BCUT2D eigenvalue weighted by Crippen LogP contribution is -2.68. The smallest absolute Gasteiger partial charge is 0.427 e. The fraction of sp³-hybridized carbons (Fsp3) is 0.619. The number of carbonyl (C=O) groups is 1. The van der Waals surface area contributed by atoms with Crippen LogP contribution in [-0.4, -0.2) is 83.2 Å². The molecule has 4 atom stereocenters. The summed E-state index contributed by atoms with van der Waals surface area (Å²) >= 11 is 5.83. The Hall–Kier alpha value is -2.68. The van der Waals surface area contributed by atoms with Crippen LogP contribution >= 0.6 is 11.6 Å². The van der Waals surface area contributed by atoms with Crippen molar-refractivity contribution in [3.05, 3.63) is 11.0 Å². The summed E-state index contributed by atoms with van der Waals surface area (Å²) in [5.41, 5.74) is -1.53. The average Bonchev–Trinajstić information content (AvgIpc) is 2.98. The quantitative estimate of drug-likeness (QED) is 0.290. The number of ether oxygens (including phenoxy) is 2. The summed E-state index contributed by atoms with van der Waals surface area (Å²) in [6.07, 6.45) is -6.96. The minimum absolute atomic E-state index is 0.171. The van der Waals surface area contributed by atoms with Gasteiger partial charge in [0.05, 0.1) is 18.1 Å². The number of carbonyl (C=O) groups excluding carboxylic acids is 1. The van der Waals surface area contributed by atoms with E-state index in [4.69, 9.17) is 21.1 Å². The van der Waals surface area contributed by atoms with Gasteiger partial charge in [0.2, 0.25) is 27.0 Å². The number of halogens is 5. The van der Waals surface area contributed by atoms with Crippen molar-refractivity contribution in [2.75, 3.05) is 17.7 Å². The van der Waals surface area contributed by atoms with Gasteiger partial charge in [-0.05, 0) is 33.6 Å². The lowest BCUT2D eigenvalue weighted by atomic mass is 9.96. The number of alkyl halides is 3. The molecule has 0 radical (unpaired) electrons. The van der Waals surface area contributed by atoms with Crippen LogP contribution in [0.15, 0.2) is 5.16 Å². The minimum Gasteiger partial charge on any atom is -0.462 e. The second-order valence-electron chi connectivity index (χ2n) is 10.3. The highest BCUT2D eigenvalue weighted by atomic mass is 35.5. The van der Waals surface area contributed by atoms with Gasteiger partial charge in [0, 0.05) is 12.8 Å². The van der Waals surface area contributed by atoms with Gasteiger partial charge < -0.3 is 14.4 Å². The largest absolute Gasteiger partial charge is 0.462 e. The number of rotatable bonds is 1. The van der Waals surface area contributed by atoms with Crippen molar-refractivity contribution < 1.29 is 40.2 Å². The van der Waals surface area contributed by atoms with E-state index in [9.17, 15) is 26.4 Å². The molecule has 202 valence electrons. The van der Waals surface area contributed by atoms with Gasteiger partial charge in [-0.1, -0.05) is 11.6 Å². The van der Waals surface area contributed by atoms with E-state index in [0.29, 0.717) is 6.42 Å². The molecule has 5 rings (SSSR count). The van der Waals surface area contributed by atoms with Crippen LogP contribution < -0.4 is 9.64 Å². The standard InChI is InChI=1S/C21H22ClF4N5O5S/c1-20(2,3)36-19(32)31-8-5-6-9(31)13-14(21(24,25)26)35-17-10-12(11(23)15(22)28-17)27-18(37(4,33)34)29-16(10)30(13)7-8/h8-9,13-14H,5-7H2,1-4H3/t8-,9+,13-,14?/m1/s1. The molecule has 2 fully saturated rings. The van der Waals surface area contributed by atoms with Crippen molar-refractivity contribution >= 4 is 44.3 Å². The monoisotopic (exact) mass is 567 g/mol. The molecular formula is C21H22ClF4N5O5S. The van der Waals surface area contributed by atoms with Gasteiger partial charge >= 0.3 is 12.3 Å². The Bertz CT molecular complexity index is 1420. The number of anilines is 1. The van der Waals surface area contributed by atoms with Crippen LogP contribution in [0.3, 0.4) is 0 Å². The van der Waals surface area contributed by atoms with Gasteiger partial charge in [0.1, 0.15) is 22.3 Å². The topological polar surface area (TPSA) is 115 Å². The molecule has 3 aliphatic heterocycles. The van der Waals surface area contributed by atoms with Crippen LogP contribution in [-0.2, 0) is 14.6 Å². The zero-order valence-electron chi connectivity index (χ0n) is 20.0. The molecule has 0 aliphatic carbocycles. The Labute approximate surface area is 213 Å². The predicted molar refractivity (Wildman–Crippen MR) is 122 cm³/mol. The van der Waals surface area contributed by atoms with Crippen molar-refractivity contribution in [2.45, 2.75) is 74.8 Å². The van der Waals surface area contributed by atoms with Crippen molar-refractivity contribution in [3.63, 3.8) is 0 Å². The van der Waals surface area contributed by atoms with E-state index >= 15 is 4.39 Å². The summed E-state index contributed by atoms with van der Waals surface area (Å²) in [6.45, 7) is 4.75. The molecule has 0 saturated carbocycles. The Balaban J connectivity index is 1.75. The second-order valence-corrected chi connectivity index (χ2v) is 12.5. The predicted octanol–water partition coefficient (Wildman–Crippen LogP) is 3.50. The molecular weight excluding hydrogens is 546 g/mol. The normalized spacial score (nSPS) is 25.5. The number of pyridine rings is 1. The van der Waals surface area contributed by atoms with Gasteiger partial charge in [-0.2, -0.15) is 18.2 Å². The van der Waals surface area contributed by atoms with Crippen LogP contribution in [0.5, 0.6) is 5.88 Å². The molecule has 0 aromatic carbocycles. The zero-order valence-corrected chi connectivity index (χ0v) is 21.6. The van der Waals surface area contributed by atoms with Crippen molar-refractivity contribution in [2.24, 2.45) is 0 Å². The number of nitrogens with zero attached hydrogens (tertiary/aromatic N) is 5. The first-order valence-corrected chi connectivity index (χ1v) is 13.5. The molecule has 5 heterocycles. The SMILES string of the molecule is CC(C)(C)OC(=O)N1[C@@H]2CC[C@H]1[C@@H]1C(C(F)(F)F)Oc3nc(Cl)c(F)c4nc(S(C)(=O)=O)nc(c34)N1C2. The number of sulfone groups is 1. The van der Waals surface area contributed by atoms with Gasteiger partial charge in [-0.3, -0.25) is 4.90 Å². The molecule has 37 heavy (non-hydrogen) atoms. The third kappa shape index (κ3) is 4.29. The van der Waals surface area contributed by atoms with Crippen LogP contribution in [0.4, 0.5) is 28.2 Å². The minimum atomic E-state index is -4.97. The average molecular weight is 568 g/mol. The summed E-state index contributed by atoms with van der Waals surface area (Å²) in [4.78, 5) is 27.0. The van der Waals surface area contributed by atoms with Gasteiger partial charge in [-0.25, -0.2) is 27.6 Å². The summed E-state index contributed by atoms with van der Waals surface area (Å²) < 4.78 is 94.1. The van der Waals surface area contributed by atoms with Crippen molar-refractivity contribution in [1.29, 1.82) is 0 Å². The van der Waals surface area contributed by atoms with E-state index in [1.165, 1.54) is 9.80 Å². The molecule has 0 spiro atoms. The van der Waals surface area contributed by atoms with Gasteiger partial charge in [0.25, 0.3) is 0 Å². The highest BCUT2D eigenvalue weighted by Crippen LogP contribution is 2.48. The maximum atomic E-state index is 15.0. The highest BCUT2D eigenvalue weighted by molar-refractivity contribution is 7.90. The zero-order chi connectivity index (χ0) is 27.2. The number of fused-ring (bicyclic) bond motifs is 5. The summed E-state index contributed by atoms with van der Waals surface area (Å²) in [7, 11) is -4.12. The molecule has 1 unspecified atom stereocenters. The first-order chi connectivity index (χ1) is 17.0. The number of aromatic nitrogens is 3. The van der Waals surface area contributed by atoms with Gasteiger partial charge in [0.15, 0.2) is 11.0 Å². The molecule has 16 heteroatoms. The summed E-state index contributed by atoms with van der Waals surface area (Å²) in [5.74, 6) is -2.20. The number of amides is 1. The summed E-state index contributed by atoms with van der Waals surface area (Å²) in [6, 6.07) is -3.20. The van der Waals surface area contributed by atoms with Crippen LogP contribution in [0, 0.1) is 5.82 Å². The Morgan fingerprint density at radius 3 is 2.43 bits per heavy atom. The van der Waals surface area contributed by atoms with E-state index in [0.717, 1.165) is 6.26 Å². The third-order valence-corrected chi connectivity index (χ3v) is 7.56. The molecule has 2 bridgehead atoms. The molecule has 0 N–H and O–H groups in total. The Morgan fingerprint density at radius 2 is 1.84 bits per heavy atom. The van der Waals surface area contributed by atoms with Crippen LogP contribution in [0.2, 0.25) is 5.15 Å². The number of hydrogen-bond donors (Lipinski definition) is 0. The third-order valence-electron chi connectivity index (χ3n) is 6.46. The highest BCUT2D eigenvalue weighted by Gasteiger charge is 2.61. The van der Waals surface area contributed by atoms with E-state index in [-0.39, 0.29) is 24.2 Å². The molecule has 3 aliphatic rings. The fourth-order valence-corrected chi connectivity index (χ4v) is 5.84. The first-order valence-electron chi connectivity index (χ1n) is 11.3. The molecule has 2 saturated heterocycles. The first kappa shape index (κ1) is 25.9. The molecule has 1 amide bonds. The summed E-state index contributed by atoms with van der Waals surface area (Å²) in [5, 5.41) is -1.98. The Morgan fingerprint density at radius 1 is 1.16 bits per heavy atom. The molecule has 2 aromatic rings. The lowest BCUT2D eigenvalue weighted by molar-refractivity contribution is -0.206. The van der Waals surface area contributed by atoms with Crippen LogP contribution in [0.25, 0.3) is 10.9 Å². The second kappa shape index (κ2) is 8.16. The fourth-order valence-electron chi connectivity index (χ4n) is 5.16. The maximum Gasteiger partial charge on any atom is 0.427 e. The van der Waals surface area contributed by atoms with E-state index in [1.54, 1.807) is 20.8 Å². The van der Waals surface area contributed by atoms with E-state index in [1.807, 2.05) is 0 Å². The maximum absolute atomic E-state index is 15.0. The van der Waals surface area contributed by atoms with Crippen molar-refractivity contribution in [3.8, 4) is 5.88 Å². The van der Waals surface area contributed by atoms with Crippen LogP contribution in [0.1, 0.15) is 33.6 Å². The number of piperazine rings is 1. The van der Waals surface area contributed by atoms with Gasteiger partial charge in [-0.15, -0.1) is 0 Å². The van der Waals surface area contributed by atoms with Crippen molar-refractivity contribution in [1.82, 2.24) is 19.9 Å². The number of hydrogen-bond acceptors (Lipinski definition) is 9. The lowest BCUT2D eigenvalue weighted by Gasteiger charge is -2.48. The van der Waals surface area contributed by atoms with E-state index in [2.05, 4.69) is 15.0 Å². The Kier molecular flexibility index (Phi) is 5.72.